The molecule has 0 atom stereocenters. The minimum Gasteiger partial charge on any atom is -0.379 e. The number of carbonyl (C=O) groups excluding carboxylic acids is 1. The summed E-state index contributed by atoms with van der Waals surface area (Å²) in [6.45, 7) is 7.79. The van der Waals surface area contributed by atoms with Gasteiger partial charge in [0, 0.05) is 26.2 Å². The lowest BCUT2D eigenvalue weighted by molar-refractivity contribution is -0.122. The van der Waals surface area contributed by atoms with Crippen LogP contribution in [0, 0.1) is 0 Å². The monoisotopic (exact) mass is 359 g/mol. The van der Waals surface area contributed by atoms with Gasteiger partial charge in [-0.2, -0.15) is 0 Å². The summed E-state index contributed by atoms with van der Waals surface area (Å²) >= 11 is 0. The zero-order chi connectivity index (χ0) is 18.0. The van der Waals surface area contributed by atoms with Crippen molar-refractivity contribution in [1.29, 1.82) is 0 Å². The zero-order valence-corrected chi connectivity index (χ0v) is 15.9. The number of carbonyl (C=O) groups is 1. The van der Waals surface area contributed by atoms with Crippen LogP contribution < -0.4 is 5.32 Å². The van der Waals surface area contributed by atoms with Crippen LogP contribution in [0.2, 0.25) is 0 Å². The van der Waals surface area contributed by atoms with E-state index in [1.165, 1.54) is 43.2 Å². The van der Waals surface area contributed by atoms with Gasteiger partial charge in [0.05, 0.1) is 19.8 Å². The largest absolute Gasteiger partial charge is 0.379 e. The molecule has 144 valence electrons. The van der Waals surface area contributed by atoms with Gasteiger partial charge in [0.15, 0.2) is 0 Å². The average Bonchev–Trinajstić information content (AvgIpc) is 2.64. The van der Waals surface area contributed by atoms with Crippen molar-refractivity contribution in [3.8, 4) is 0 Å². The summed E-state index contributed by atoms with van der Waals surface area (Å²) in [7, 11) is 0. The molecule has 2 aliphatic heterocycles. The van der Waals surface area contributed by atoms with E-state index in [0.717, 1.165) is 45.9 Å². The molecule has 5 heteroatoms. The molecule has 0 radical (unpaired) electrons. The van der Waals surface area contributed by atoms with Crippen molar-refractivity contribution in [3.63, 3.8) is 0 Å². The molecular weight excluding hydrogens is 326 g/mol. The third kappa shape index (κ3) is 6.38. The third-order valence-electron chi connectivity index (χ3n) is 5.41. The van der Waals surface area contributed by atoms with Gasteiger partial charge < -0.3 is 10.1 Å². The van der Waals surface area contributed by atoms with Gasteiger partial charge in [0.1, 0.15) is 0 Å². The van der Waals surface area contributed by atoms with Crippen LogP contribution >= 0.6 is 0 Å². The number of rotatable bonds is 6. The molecule has 0 spiro atoms. The first-order chi connectivity index (χ1) is 12.8. The van der Waals surface area contributed by atoms with Crippen LogP contribution in [-0.4, -0.2) is 61.6 Å². The zero-order valence-electron chi connectivity index (χ0n) is 15.9. The Labute approximate surface area is 157 Å². The Bertz CT molecular complexity index is 550. The second kappa shape index (κ2) is 10.7. The molecule has 2 saturated heterocycles. The molecule has 1 aromatic rings. The molecule has 2 fully saturated rings. The first kappa shape index (κ1) is 19.3. The van der Waals surface area contributed by atoms with Crippen LogP contribution in [0.25, 0.3) is 0 Å². The van der Waals surface area contributed by atoms with E-state index in [1.54, 1.807) is 0 Å². The molecule has 0 saturated carbocycles. The fourth-order valence-electron chi connectivity index (χ4n) is 3.81. The Morgan fingerprint density at radius 1 is 0.885 bits per heavy atom. The predicted octanol–water partition coefficient (Wildman–Crippen LogP) is 2.40. The van der Waals surface area contributed by atoms with E-state index < -0.39 is 0 Å². The molecule has 26 heavy (non-hydrogen) atoms. The van der Waals surface area contributed by atoms with E-state index in [1.807, 2.05) is 0 Å². The number of nitrogens with one attached hydrogen (secondary N) is 1. The van der Waals surface area contributed by atoms with Crippen molar-refractivity contribution in [2.24, 2.45) is 0 Å². The molecule has 0 aromatic heterocycles. The van der Waals surface area contributed by atoms with Crippen LogP contribution in [0.1, 0.15) is 43.2 Å². The topological polar surface area (TPSA) is 44.8 Å². The number of hydrogen-bond acceptors (Lipinski definition) is 4. The average molecular weight is 360 g/mol. The maximum Gasteiger partial charge on any atom is 0.234 e. The lowest BCUT2D eigenvalue weighted by Crippen LogP contribution is -2.39. The summed E-state index contributed by atoms with van der Waals surface area (Å²) in [5.41, 5.74) is 2.53. The molecule has 0 unspecified atom stereocenters. The Hall–Kier alpha value is -1.43. The Morgan fingerprint density at radius 2 is 1.54 bits per heavy atom. The molecule has 2 aliphatic rings. The molecule has 1 amide bonds. The van der Waals surface area contributed by atoms with Crippen molar-refractivity contribution < 1.29 is 9.53 Å². The highest BCUT2D eigenvalue weighted by Gasteiger charge is 2.14. The smallest absolute Gasteiger partial charge is 0.234 e. The van der Waals surface area contributed by atoms with Gasteiger partial charge in [-0.25, -0.2) is 0 Å². The summed E-state index contributed by atoms with van der Waals surface area (Å²) in [5, 5.41) is 3.14. The first-order valence-electron chi connectivity index (χ1n) is 10.2. The third-order valence-corrected chi connectivity index (χ3v) is 5.41. The van der Waals surface area contributed by atoms with Crippen molar-refractivity contribution >= 4 is 5.91 Å². The van der Waals surface area contributed by atoms with Gasteiger partial charge in [-0.15, -0.1) is 0 Å². The molecule has 1 N–H and O–H groups in total. The summed E-state index contributed by atoms with van der Waals surface area (Å²) in [5.74, 6) is 0.145. The van der Waals surface area contributed by atoms with Crippen LogP contribution in [0.3, 0.4) is 0 Å². The van der Waals surface area contributed by atoms with E-state index in [2.05, 4.69) is 39.4 Å². The molecule has 2 heterocycles. The van der Waals surface area contributed by atoms with Crippen molar-refractivity contribution in [2.75, 3.05) is 45.9 Å². The molecular formula is C21H33N3O2. The van der Waals surface area contributed by atoms with Crippen LogP contribution in [0.4, 0.5) is 0 Å². The molecule has 0 bridgehead atoms. The molecule has 1 aromatic carbocycles. The standard InChI is InChI=1S/C21H33N3O2/c25-21(18-23-10-6-2-1-3-7-11-23)22-16-19-8-4-5-9-20(19)17-24-12-14-26-15-13-24/h4-5,8-9H,1-3,6-7,10-18H2,(H,22,25). The highest BCUT2D eigenvalue weighted by atomic mass is 16.5. The lowest BCUT2D eigenvalue weighted by atomic mass is 10.1. The van der Waals surface area contributed by atoms with Crippen molar-refractivity contribution in [3.05, 3.63) is 35.4 Å². The maximum absolute atomic E-state index is 12.4. The molecule has 5 nitrogen and oxygen atoms in total. The van der Waals surface area contributed by atoms with Crippen LogP contribution in [0.15, 0.2) is 24.3 Å². The Balaban J connectivity index is 1.48. The normalized spacial score (nSPS) is 20.3. The van der Waals surface area contributed by atoms with Gasteiger partial charge in [-0.1, -0.05) is 43.5 Å². The lowest BCUT2D eigenvalue weighted by Gasteiger charge is -2.27. The Morgan fingerprint density at radius 3 is 2.27 bits per heavy atom. The first-order valence-corrected chi connectivity index (χ1v) is 10.2. The fourth-order valence-corrected chi connectivity index (χ4v) is 3.81. The summed E-state index contributed by atoms with van der Waals surface area (Å²) in [4.78, 5) is 17.1. The van der Waals surface area contributed by atoms with Gasteiger partial charge in [-0.05, 0) is 37.1 Å². The highest BCUT2D eigenvalue weighted by molar-refractivity contribution is 5.78. The van der Waals surface area contributed by atoms with Crippen molar-refractivity contribution in [2.45, 2.75) is 45.2 Å². The molecule has 0 aliphatic carbocycles. The minimum absolute atomic E-state index is 0.145. The summed E-state index contributed by atoms with van der Waals surface area (Å²) in [6, 6.07) is 8.45. The quantitative estimate of drug-likeness (QED) is 0.847. The van der Waals surface area contributed by atoms with Gasteiger partial charge in [-0.3, -0.25) is 14.6 Å². The Kier molecular flexibility index (Phi) is 7.92. The number of hydrogen-bond donors (Lipinski definition) is 1. The second-order valence-corrected chi connectivity index (χ2v) is 7.48. The second-order valence-electron chi connectivity index (χ2n) is 7.48. The maximum atomic E-state index is 12.4. The fraction of sp³-hybridized carbons (Fsp3) is 0.667. The van der Waals surface area contributed by atoms with Gasteiger partial charge in [0.25, 0.3) is 0 Å². The summed E-state index contributed by atoms with van der Waals surface area (Å²) in [6.07, 6.45) is 6.38. The van der Waals surface area contributed by atoms with Crippen LogP contribution in [-0.2, 0) is 22.6 Å². The SMILES string of the molecule is O=C(CN1CCCCCCC1)NCc1ccccc1CN1CCOCC1. The van der Waals surface area contributed by atoms with E-state index >= 15 is 0 Å². The minimum atomic E-state index is 0.145. The van der Waals surface area contributed by atoms with Gasteiger partial charge >= 0.3 is 0 Å². The molecule has 3 rings (SSSR count). The van der Waals surface area contributed by atoms with Crippen LogP contribution in [0.5, 0.6) is 0 Å². The van der Waals surface area contributed by atoms with E-state index in [-0.39, 0.29) is 5.91 Å². The van der Waals surface area contributed by atoms with Gasteiger partial charge in [0.2, 0.25) is 5.91 Å². The number of benzene rings is 1. The van der Waals surface area contributed by atoms with E-state index in [0.29, 0.717) is 13.1 Å². The van der Waals surface area contributed by atoms with E-state index in [9.17, 15) is 4.79 Å². The number of amides is 1. The van der Waals surface area contributed by atoms with Crippen molar-refractivity contribution in [1.82, 2.24) is 15.1 Å². The van der Waals surface area contributed by atoms with E-state index in [4.69, 9.17) is 4.74 Å². The number of morpholine rings is 1. The number of ether oxygens (including phenoxy) is 1. The number of nitrogens with zero attached hydrogens (tertiary/aromatic N) is 2. The number of likely N-dealkylation sites (tertiary alicyclic amines) is 1. The predicted molar refractivity (Wildman–Crippen MR) is 104 cm³/mol. The summed E-state index contributed by atoms with van der Waals surface area (Å²) < 4.78 is 5.43. The highest BCUT2D eigenvalue weighted by Crippen LogP contribution is 2.13.